The Hall–Kier alpha value is 2.90. The van der Waals surface area contributed by atoms with Crippen molar-refractivity contribution in [1.29, 1.82) is 0 Å². The molecule has 0 aromatic carbocycles. The van der Waals surface area contributed by atoms with Gasteiger partial charge in [-0.2, -0.15) is 13.5 Å². The molecule has 0 heterocycles. The standard InChI is InChI=1S/Ag.Bi.Pb.H2S.5H/h;;;1H2;;;;;. The Bertz CT molecular complexity index is 8.00. The van der Waals surface area contributed by atoms with Crippen LogP contribution in [0.2, 0.25) is 0 Å². The van der Waals surface area contributed by atoms with Gasteiger partial charge in [0.15, 0.2) is 0 Å². The van der Waals surface area contributed by atoms with E-state index in [4.69, 9.17) is 0 Å². The van der Waals surface area contributed by atoms with E-state index in [1.165, 1.54) is 0 Å². The summed E-state index contributed by atoms with van der Waals surface area (Å²) in [4.78, 5) is 0. The molecule has 0 saturated heterocycles. The molecule has 0 saturated carbocycles. The average Bonchev–Trinajstić information content (AvgIpc) is 0. The van der Waals surface area contributed by atoms with Gasteiger partial charge in [-0.3, -0.25) is 0 Å². The molecule has 0 amide bonds. The monoisotopic (exact) mass is 563 g/mol. The Morgan fingerprint density at radius 1 is 1.00 bits per heavy atom. The molecule has 4 heteroatoms. The van der Waals surface area contributed by atoms with Crippen LogP contribution in [0, 0.1) is 0 Å². The van der Waals surface area contributed by atoms with Gasteiger partial charge in [0.2, 0.25) is 0 Å². The van der Waals surface area contributed by atoms with Gasteiger partial charge in [-0.1, -0.05) is 0 Å². The first-order valence-corrected chi connectivity index (χ1v) is 0. The fourth-order valence-electron chi connectivity index (χ4n) is 0. The number of hydrogen-bond acceptors (Lipinski definition) is 0. The van der Waals surface area contributed by atoms with E-state index < -0.39 is 0 Å². The van der Waals surface area contributed by atoms with Crippen molar-refractivity contribution >= 4 is 67.0 Å². The molecule has 0 unspecified atom stereocenters. The van der Waals surface area contributed by atoms with Gasteiger partial charge in [0.25, 0.3) is 0 Å². The average molecular weight is 563 g/mol. The van der Waals surface area contributed by atoms with Crippen molar-refractivity contribution in [3.05, 3.63) is 0 Å². The zero-order valence-corrected chi connectivity index (χ0v) is 15.7. The van der Waals surface area contributed by atoms with Crippen LogP contribution in [-0.4, -0.2) is 53.5 Å². The molecule has 3 radical (unpaired) electrons. The molecular weight excluding hydrogens is 556 g/mol. The summed E-state index contributed by atoms with van der Waals surface area (Å²) in [6, 6.07) is 0. The van der Waals surface area contributed by atoms with Gasteiger partial charge in [-0.25, -0.2) is 0 Å². The van der Waals surface area contributed by atoms with Crippen molar-refractivity contribution < 1.29 is 22.4 Å². The van der Waals surface area contributed by atoms with E-state index in [0.717, 1.165) is 0 Å². The third kappa shape index (κ3) is 8.86. The van der Waals surface area contributed by atoms with Gasteiger partial charge in [-0.15, -0.1) is 0 Å². The van der Waals surface area contributed by atoms with Crippen molar-refractivity contribution in [2.75, 3.05) is 0 Å². The Balaban J connectivity index is 0. The van der Waals surface area contributed by atoms with Gasteiger partial charge in [0.05, 0.1) is 0 Å². The Morgan fingerprint density at radius 3 is 1.00 bits per heavy atom. The summed E-state index contributed by atoms with van der Waals surface area (Å²) in [5.41, 5.74) is 0. The molecule has 0 nitrogen and oxygen atoms in total. The van der Waals surface area contributed by atoms with Crippen LogP contribution in [-0.2, 0) is 22.4 Å². The Kier molecular flexibility index (Phi) is 120. The minimum absolute atomic E-state index is 0. The van der Waals surface area contributed by atoms with Gasteiger partial charge < -0.3 is 0 Å². The summed E-state index contributed by atoms with van der Waals surface area (Å²) in [6.45, 7) is 0. The molecule has 0 bridgehead atoms. The predicted molar refractivity (Wildman–Crippen MR) is 28.9 cm³/mol. The van der Waals surface area contributed by atoms with Gasteiger partial charge in [0, 0.05) is 22.4 Å². The van der Waals surface area contributed by atoms with Gasteiger partial charge in [-0.05, 0) is 0 Å². The maximum absolute atomic E-state index is 0. The Morgan fingerprint density at radius 2 is 1.00 bits per heavy atom. The van der Waals surface area contributed by atoms with Crippen LogP contribution in [0.4, 0.5) is 0 Å². The molecule has 33 valence electrons. The summed E-state index contributed by atoms with van der Waals surface area (Å²) in [5.74, 6) is 0. The molecule has 4 heavy (non-hydrogen) atoms. The summed E-state index contributed by atoms with van der Waals surface area (Å²) in [5, 5.41) is 0. The molecular formula is H7AgBiPbS. The quantitative estimate of drug-likeness (QED) is 0.300. The normalized spacial score (nSPS) is 0. The topological polar surface area (TPSA) is 0 Å². The van der Waals surface area contributed by atoms with Crippen LogP contribution >= 0.6 is 13.5 Å². The van der Waals surface area contributed by atoms with Crippen molar-refractivity contribution in [2.24, 2.45) is 0 Å². The molecule has 0 aromatic rings. The summed E-state index contributed by atoms with van der Waals surface area (Å²) in [7, 11) is 0. The van der Waals surface area contributed by atoms with Crippen molar-refractivity contribution in [3.63, 3.8) is 0 Å². The SMILES string of the molecule is S.[Ag].[BiH3].[PbH2]. The molecule has 0 fully saturated rings. The van der Waals surface area contributed by atoms with Crippen LogP contribution in [0.3, 0.4) is 0 Å². The zero-order chi connectivity index (χ0) is 0. The van der Waals surface area contributed by atoms with Crippen molar-refractivity contribution in [1.82, 2.24) is 0 Å². The molecule has 0 aromatic heterocycles. The van der Waals surface area contributed by atoms with Crippen LogP contribution < -0.4 is 0 Å². The minimum atomic E-state index is 0. The first-order chi connectivity index (χ1) is 0. The van der Waals surface area contributed by atoms with Crippen LogP contribution in [0.5, 0.6) is 0 Å². The van der Waals surface area contributed by atoms with E-state index in [-0.39, 0.29) is 89.4 Å². The fraction of sp³-hybridized carbons (Fsp3) is 0. The second kappa shape index (κ2) is 16.9. The molecule has 0 N–H and O–H groups in total. The van der Waals surface area contributed by atoms with E-state index in [1.54, 1.807) is 0 Å². The first-order valence-electron chi connectivity index (χ1n) is 0. The molecule has 0 aliphatic heterocycles. The van der Waals surface area contributed by atoms with Gasteiger partial charge in [0.1, 0.15) is 0 Å². The third-order valence-electron chi connectivity index (χ3n) is 0. The summed E-state index contributed by atoms with van der Waals surface area (Å²) < 4.78 is 0. The fourth-order valence-corrected chi connectivity index (χ4v) is 0. The van der Waals surface area contributed by atoms with E-state index in [2.05, 4.69) is 0 Å². The molecule has 0 aliphatic carbocycles. The van der Waals surface area contributed by atoms with E-state index >= 15 is 0 Å². The van der Waals surface area contributed by atoms with Crippen molar-refractivity contribution in [3.8, 4) is 0 Å². The van der Waals surface area contributed by atoms with Crippen molar-refractivity contribution in [2.45, 2.75) is 0 Å². The molecule has 0 rings (SSSR count). The summed E-state index contributed by atoms with van der Waals surface area (Å²) in [6.07, 6.45) is 0. The van der Waals surface area contributed by atoms with E-state index in [9.17, 15) is 0 Å². The zero-order valence-electron chi connectivity index (χ0n) is 2.22. The first kappa shape index (κ1) is 28.6. The second-order valence-corrected chi connectivity index (χ2v) is 0. The van der Waals surface area contributed by atoms with E-state index in [0.29, 0.717) is 0 Å². The van der Waals surface area contributed by atoms with Crippen LogP contribution in [0.1, 0.15) is 0 Å². The Labute approximate surface area is 87.7 Å². The molecule has 0 atom stereocenters. The van der Waals surface area contributed by atoms with E-state index in [1.807, 2.05) is 0 Å². The molecule has 0 aliphatic rings. The van der Waals surface area contributed by atoms with Crippen LogP contribution in [0.25, 0.3) is 0 Å². The maximum atomic E-state index is 0. The second-order valence-electron chi connectivity index (χ2n) is 0. The third-order valence-corrected chi connectivity index (χ3v) is 0. The number of hydrogen-bond donors (Lipinski definition) is 0. The summed E-state index contributed by atoms with van der Waals surface area (Å²) >= 11 is 0. The molecule has 0 spiro atoms. The predicted octanol–water partition coefficient (Wildman–Crippen LogP) is -1.99. The van der Waals surface area contributed by atoms with Gasteiger partial charge >= 0.3 is 53.5 Å². The number of rotatable bonds is 0. The van der Waals surface area contributed by atoms with Crippen LogP contribution in [0.15, 0.2) is 0 Å².